The van der Waals surface area contributed by atoms with E-state index >= 15 is 0 Å². The topological polar surface area (TPSA) is 55.1 Å². The maximum atomic E-state index is 12.0. The van der Waals surface area contributed by atoms with Crippen LogP contribution in [0, 0.1) is 23.7 Å². The van der Waals surface area contributed by atoms with E-state index in [2.05, 4.69) is 17.5 Å². The second-order valence-electron chi connectivity index (χ2n) is 6.34. The maximum Gasteiger partial charge on any atom is 0.237 e. The van der Waals surface area contributed by atoms with E-state index in [1.807, 2.05) is 0 Å². The van der Waals surface area contributed by atoms with Gasteiger partial charge in [-0.05, 0) is 55.8 Å². The Bertz CT molecular complexity index is 348. The van der Waals surface area contributed by atoms with Gasteiger partial charge in [0.25, 0.3) is 0 Å². The second kappa shape index (κ2) is 5.04. The highest BCUT2D eigenvalue weighted by Crippen LogP contribution is 2.40. The van der Waals surface area contributed by atoms with Crippen LogP contribution in [0.5, 0.6) is 0 Å². The van der Waals surface area contributed by atoms with E-state index in [0.717, 1.165) is 25.3 Å². The van der Waals surface area contributed by atoms with E-state index in [1.165, 1.54) is 25.7 Å². The van der Waals surface area contributed by atoms with Gasteiger partial charge in [0.1, 0.15) is 0 Å². The number of allylic oxidation sites excluding steroid dienone is 2. The SMILES string of the molecule is NC(C(=O)NCC1CC2C=CC1CC2)C1CCC1. The van der Waals surface area contributed by atoms with Gasteiger partial charge in [0.2, 0.25) is 5.91 Å². The number of fused-ring (bicyclic) bond motifs is 2. The quantitative estimate of drug-likeness (QED) is 0.746. The van der Waals surface area contributed by atoms with Gasteiger partial charge in [-0.3, -0.25) is 4.79 Å². The van der Waals surface area contributed by atoms with Gasteiger partial charge in [-0.25, -0.2) is 0 Å². The van der Waals surface area contributed by atoms with Gasteiger partial charge in [0.15, 0.2) is 0 Å². The molecule has 0 aromatic rings. The van der Waals surface area contributed by atoms with Crippen molar-refractivity contribution in [2.24, 2.45) is 29.4 Å². The smallest absolute Gasteiger partial charge is 0.237 e. The average molecular weight is 248 g/mol. The molecule has 0 radical (unpaired) electrons. The van der Waals surface area contributed by atoms with E-state index in [0.29, 0.717) is 17.8 Å². The molecule has 0 aromatic heterocycles. The summed E-state index contributed by atoms with van der Waals surface area (Å²) in [4.78, 5) is 12.0. The van der Waals surface area contributed by atoms with Gasteiger partial charge in [0, 0.05) is 6.54 Å². The molecule has 2 saturated carbocycles. The van der Waals surface area contributed by atoms with Gasteiger partial charge in [-0.15, -0.1) is 0 Å². The summed E-state index contributed by atoms with van der Waals surface area (Å²) < 4.78 is 0. The van der Waals surface area contributed by atoms with Crippen LogP contribution in [0.4, 0.5) is 0 Å². The van der Waals surface area contributed by atoms with Crippen LogP contribution in [0.3, 0.4) is 0 Å². The highest BCUT2D eigenvalue weighted by atomic mass is 16.2. The molecule has 4 unspecified atom stereocenters. The van der Waals surface area contributed by atoms with Crippen LogP contribution in [0.1, 0.15) is 38.5 Å². The van der Waals surface area contributed by atoms with Gasteiger partial charge >= 0.3 is 0 Å². The molecule has 0 aromatic carbocycles. The number of nitrogens with two attached hydrogens (primary N) is 1. The predicted molar refractivity (Wildman–Crippen MR) is 71.8 cm³/mol. The highest BCUT2D eigenvalue weighted by Gasteiger charge is 2.33. The third kappa shape index (κ3) is 2.33. The molecule has 0 saturated heterocycles. The first-order valence-corrected chi connectivity index (χ1v) is 7.45. The van der Waals surface area contributed by atoms with Crippen LogP contribution in [0.15, 0.2) is 12.2 Å². The van der Waals surface area contributed by atoms with E-state index < -0.39 is 0 Å². The Labute approximate surface area is 109 Å². The van der Waals surface area contributed by atoms with Crippen molar-refractivity contribution in [3.8, 4) is 0 Å². The molecule has 0 aliphatic heterocycles. The molecular weight excluding hydrogens is 224 g/mol. The van der Waals surface area contributed by atoms with Crippen molar-refractivity contribution >= 4 is 5.91 Å². The van der Waals surface area contributed by atoms with Crippen molar-refractivity contribution in [3.05, 3.63) is 12.2 Å². The molecule has 0 spiro atoms. The summed E-state index contributed by atoms with van der Waals surface area (Å²) >= 11 is 0. The summed E-state index contributed by atoms with van der Waals surface area (Å²) in [5.41, 5.74) is 5.99. The Morgan fingerprint density at radius 2 is 2.11 bits per heavy atom. The van der Waals surface area contributed by atoms with Crippen LogP contribution in [-0.4, -0.2) is 18.5 Å². The Morgan fingerprint density at radius 3 is 2.61 bits per heavy atom. The summed E-state index contributed by atoms with van der Waals surface area (Å²) in [5, 5.41) is 3.09. The zero-order chi connectivity index (χ0) is 12.5. The summed E-state index contributed by atoms with van der Waals surface area (Å²) in [5.74, 6) is 2.61. The van der Waals surface area contributed by atoms with Gasteiger partial charge in [-0.1, -0.05) is 18.6 Å². The molecule has 100 valence electrons. The molecule has 3 heteroatoms. The van der Waals surface area contributed by atoms with Gasteiger partial charge in [0.05, 0.1) is 6.04 Å². The lowest BCUT2D eigenvalue weighted by Gasteiger charge is -2.38. The number of rotatable bonds is 4. The number of hydrogen-bond acceptors (Lipinski definition) is 2. The molecule has 4 atom stereocenters. The summed E-state index contributed by atoms with van der Waals surface area (Å²) in [7, 11) is 0. The van der Waals surface area contributed by atoms with Crippen molar-refractivity contribution in [1.29, 1.82) is 0 Å². The number of nitrogens with one attached hydrogen (secondary N) is 1. The first-order chi connectivity index (χ1) is 8.74. The third-order valence-electron chi connectivity index (χ3n) is 5.21. The molecule has 0 heterocycles. The van der Waals surface area contributed by atoms with E-state index in [1.54, 1.807) is 0 Å². The molecule has 3 N–H and O–H groups in total. The standard InChI is InChI=1S/C15H24N2O/c16-14(12-2-1-3-12)15(18)17-9-13-8-10-4-6-11(13)7-5-10/h4,6,10-14H,1-3,5,7-9,16H2,(H,17,18). The van der Waals surface area contributed by atoms with Crippen LogP contribution in [0.2, 0.25) is 0 Å². The van der Waals surface area contributed by atoms with E-state index in [4.69, 9.17) is 5.73 Å². The molecule has 2 bridgehead atoms. The first-order valence-electron chi connectivity index (χ1n) is 7.45. The van der Waals surface area contributed by atoms with Crippen LogP contribution >= 0.6 is 0 Å². The molecule has 4 aliphatic carbocycles. The van der Waals surface area contributed by atoms with Crippen molar-refractivity contribution < 1.29 is 4.79 Å². The predicted octanol–water partition coefficient (Wildman–Crippen LogP) is 1.83. The van der Waals surface area contributed by atoms with Crippen LogP contribution < -0.4 is 11.1 Å². The van der Waals surface area contributed by atoms with Crippen molar-refractivity contribution in [2.75, 3.05) is 6.54 Å². The molecule has 18 heavy (non-hydrogen) atoms. The molecule has 1 amide bonds. The fraction of sp³-hybridized carbons (Fsp3) is 0.800. The Kier molecular flexibility index (Phi) is 3.42. The van der Waals surface area contributed by atoms with Crippen molar-refractivity contribution in [2.45, 2.75) is 44.6 Å². The normalized spacial score (nSPS) is 36.2. The second-order valence-corrected chi connectivity index (χ2v) is 6.34. The Hall–Kier alpha value is -0.830. The third-order valence-corrected chi connectivity index (χ3v) is 5.21. The lowest BCUT2D eigenvalue weighted by Crippen LogP contribution is -2.49. The number of hydrogen-bond donors (Lipinski definition) is 2. The summed E-state index contributed by atoms with van der Waals surface area (Å²) in [6.45, 7) is 0.824. The molecule has 2 fully saturated rings. The zero-order valence-corrected chi connectivity index (χ0v) is 11.0. The summed E-state index contributed by atoms with van der Waals surface area (Å²) in [6, 6.07) is -0.268. The Balaban J connectivity index is 1.46. The van der Waals surface area contributed by atoms with Crippen LogP contribution in [0.25, 0.3) is 0 Å². The fourth-order valence-electron chi connectivity index (χ4n) is 3.65. The van der Waals surface area contributed by atoms with Crippen molar-refractivity contribution in [3.63, 3.8) is 0 Å². The first kappa shape index (κ1) is 12.2. The van der Waals surface area contributed by atoms with E-state index in [9.17, 15) is 4.79 Å². The minimum atomic E-state index is -0.268. The Morgan fingerprint density at radius 1 is 1.28 bits per heavy atom. The largest absolute Gasteiger partial charge is 0.354 e. The average Bonchev–Trinajstić information content (AvgIpc) is 2.35. The lowest BCUT2D eigenvalue weighted by molar-refractivity contribution is -0.124. The van der Waals surface area contributed by atoms with Gasteiger partial charge in [-0.2, -0.15) is 0 Å². The maximum absolute atomic E-state index is 12.0. The lowest BCUT2D eigenvalue weighted by atomic mass is 9.69. The zero-order valence-electron chi connectivity index (χ0n) is 11.0. The summed E-state index contributed by atoms with van der Waals surface area (Å²) in [6.07, 6.45) is 12.1. The highest BCUT2D eigenvalue weighted by molar-refractivity contribution is 5.81. The molecule has 4 rings (SSSR count). The minimum absolute atomic E-state index is 0.0742. The molecule has 3 nitrogen and oxygen atoms in total. The molecule has 4 aliphatic rings. The number of amides is 1. The van der Waals surface area contributed by atoms with Crippen LogP contribution in [-0.2, 0) is 4.79 Å². The molecular formula is C15H24N2O. The van der Waals surface area contributed by atoms with Gasteiger partial charge < -0.3 is 11.1 Å². The fourth-order valence-corrected chi connectivity index (χ4v) is 3.65. The van der Waals surface area contributed by atoms with Crippen molar-refractivity contribution in [1.82, 2.24) is 5.32 Å². The van der Waals surface area contributed by atoms with E-state index in [-0.39, 0.29) is 11.9 Å². The number of carbonyl (C=O) groups excluding carboxylic acids is 1. The monoisotopic (exact) mass is 248 g/mol. The number of carbonyl (C=O) groups is 1. The minimum Gasteiger partial charge on any atom is -0.354 e.